The maximum Gasteiger partial charge on any atom is 0.335 e. The number of aliphatic hydroxyl groups excluding tert-OH is 1. The summed E-state index contributed by atoms with van der Waals surface area (Å²) < 4.78 is 26.0. The van der Waals surface area contributed by atoms with E-state index in [4.69, 9.17) is 14.6 Å². The van der Waals surface area contributed by atoms with Gasteiger partial charge >= 0.3 is 11.7 Å². The largest absolute Gasteiger partial charge is 0.443 e. The lowest BCUT2D eigenvalue weighted by Gasteiger charge is -2.19. The zero-order valence-electron chi connectivity index (χ0n) is 14.7. The number of rotatable bonds is 4. The summed E-state index contributed by atoms with van der Waals surface area (Å²) in [5.74, 6) is -0.562. The fourth-order valence-corrected chi connectivity index (χ4v) is 2.44. The molecule has 0 spiro atoms. The molecule has 0 amide bonds. The minimum atomic E-state index is -1.42. The number of aryl methyl sites for hydroxylation is 1. The summed E-state index contributed by atoms with van der Waals surface area (Å²) in [5, 5.41) is 9.08. The smallest absolute Gasteiger partial charge is 0.335 e. The summed E-state index contributed by atoms with van der Waals surface area (Å²) in [5.41, 5.74) is -1.93. The van der Waals surface area contributed by atoms with Crippen molar-refractivity contribution in [2.75, 3.05) is 6.61 Å². The second-order valence-corrected chi connectivity index (χ2v) is 7.11. The highest BCUT2D eigenvalue weighted by Gasteiger charge is 2.37. The van der Waals surface area contributed by atoms with Crippen molar-refractivity contribution in [3.8, 4) is 0 Å². The van der Waals surface area contributed by atoms with Crippen LogP contribution in [0.4, 0.5) is 4.39 Å². The molecule has 0 radical (unpaired) electrons. The second kappa shape index (κ2) is 7.09. The van der Waals surface area contributed by atoms with Crippen molar-refractivity contribution in [3.63, 3.8) is 0 Å². The van der Waals surface area contributed by atoms with Crippen molar-refractivity contribution in [3.05, 3.63) is 32.6 Å². The van der Waals surface area contributed by atoms with Crippen LogP contribution in [0.3, 0.4) is 0 Å². The number of aromatic nitrogens is 2. The third kappa shape index (κ3) is 3.98. The molecule has 0 saturated carbocycles. The number of hydrogen-bond donors (Lipinski definition) is 1. The van der Waals surface area contributed by atoms with Gasteiger partial charge in [-0.1, -0.05) is 0 Å². The minimum absolute atomic E-state index is 0.120. The van der Waals surface area contributed by atoms with Gasteiger partial charge in [0.1, 0.15) is 18.5 Å². The highest BCUT2D eigenvalue weighted by atomic mass is 19.1. The normalized spacial score (nSPS) is 23.7. The van der Waals surface area contributed by atoms with Gasteiger partial charge in [-0.25, -0.2) is 13.8 Å². The van der Waals surface area contributed by atoms with Gasteiger partial charge < -0.3 is 14.6 Å². The van der Waals surface area contributed by atoms with E-state index in [1.807, 2.05) is 0 Å². The van der Waals surface area contributed by atoms with Gasteiger partial charge in [-0.05, 0) is 27.7 Å². The summed E-state index contributed by atoms with van der Waals surface area (Å²) in [6, 6.07) is 0. The first kappa shape index (κ1) is 19.3. The van der Waals surface area contributed by atoms with Crippen LogP contribution >= 0.6 is 0 Å². The Kier molecular flexibility index (Phi) is 5.48. The summed E-state index contributed by atoms with van der Waals surface area (Å²) >= 11 is 0. The molecule has 1 aromatic heterocycles. The Hall–Kier alpha value is -2.00. The fraction of sp³-hybridized carbons (Fsp3) is 0.688. The Labute approximate surface area is 143 Å². The van der Waals surface area contributed by atoms with Crippen LogP contribution in [0.5, 0.6) is 0 Å². The van der Waals surface area contributed by atoms with E-state index in [0.717, 1.165) is 9.13 Å². The average molecular weight is 358 g/mol. The highest BCUT2D eigenvalue weighted by molar-refractivity contribution is 5.75. The van der Waals surface area contributed by atoms with Crippen molar-refractivity contribution in [1.29, 1.82) is 0 Å². The SMILES string of the molecule is Cc1cn([C@H]2CC(F)[C@@H](CO)O2)c(=O)n(COC(=O)C(C)(C)C)c1=O. The van der Waals surface area contributed by atoms with E-state index < -0.39 is 54.5 Å². The lowest BCUT2D eigenvalue weighted by Crippen LogP contribution is -2.43. The van der Waals surface area contributed by atoms with Crippen molar-refractivity contribution < 1.29 is 23.8 Å². The topological polar surface area (TPSA) is 99.8 Å². The lowest BCUT2D eigenvalue weighted by atomic mass is 9.98. The van der Waals surface area contributed by atoms with Crippen LogP contribution < -0.4 is 11.2 Å². The van der Waals surface area contributed by atoms with Gasteiger partial charge in [-0.2, -0.15) is 0 Å². The Morgan fingerprint density at radius 1 is 1.44 bits per heavy atom. The van der Waals surface area contributed by atoms with Crippen LogP contribution in [-0.2, 0) is 21.0 Å². The third-order valence-electron chi connectivity index (χ3n) is 3.96. The molecule has 0 aromatic carbocycles. The molecule has 25 heavy (non-hydrogen) atoms. The molecule has 8 nitrogen and oxygen atoms in total. The molecule has 1 N–H and O–H groups in total. The predicted octanol–water partition coefficient (Wildman–Crippen LogP) is 0.483. The molecule has 2 heterocycles. The zero-order chi connectivity index (χ0) is 18.9. The van der Waals surface area contributed by atoms with E-state index >= 15 is 0 Å². The van der Waals surface area contributed by atoms with Crippen molar-refractivity contribution in [2.45, 2.75) is 59.4 Å². The molecule has 1 aliphatic heterocycles. The van der Waals surface area contributed by atoms with Crippen molar-refractivity contribution in [1.82, 2.24) is 9.13 Å². The first-order valence-corrected chi connectivity index (χ1v) is 7.96. The monoisotopic (exact) mass is 358 g/mol. The molecule has 0 aliphatic carbocycles. The molecule has 1 fully saturated rings. The molecule has 1 unspecified atom stereocenters. The Bertz CT molecular complexity index is 763. The number of nitrogens with zero attached hydrogens (tertiary/aromatic N) is 2. The Morgan fingerprint density at radius 3 is 2.60 bits per heavy atom. The van der Waals surface area contributed by atoms with Crippen LogP contribution in [0.2, 0.25) is 0 Å². The highest BCUT2D eigenvalue weighted by Crippen LogP contribution is 2.29. The zero-order valence-corrected chi connectivity index (χ0v) is 14.7. The van der Waals surface area contributed by atoms with Crippen molar-refractivity contribution >= 4 is 5.97 Å². The summed E-state index contributed by atoms with van der Waals surface area (Å²) in [6.07, 6.45) is -2.21. The number of aliphatic hydroxyl groups is 1. The standard InChI is InChI=1S/C16H23FN2O6/c1-9-6-18(12-5-10(17)11(7-20)25-12)15(23)19(13(9)21)8-24-14(22)16(2,3)4/h6,10-12,20H,5,7-8H2,1-4H3/t10?,11-,12-/m1/s1. The molecular weight excluding hydrogens is 335 g/mol. The molecule has 140 valence electrons. The fourth-order valence-electron chi connectivity index (χ4n) is 2.44. The molecule has 3 atom stereocenters. The predicted molar refractivity (Wildman–Crippen MR) is 85.8 cm³/mol. The van der Waals surface area contributed by atoms with E-state index in [2.05, 4.69) is 0 Å². The number of ether oxygens (including phenoxy) is 2. The van der Waals surface area contributed by atoms with Crippen LogP contribution in [0, 0.1) is 12.3 Å². The molecule has 1 aliphatic rings. The summed E-state index contributed by atoms with van der Waals surface area (Å²) in [4.78, 5) is 36.6. The Balaban J connectivity index is 2.33. The molecule has 9 heteroatoms. The van der Waals surface area contributed by atoms with Gasteiger partial charge in [0.05, 0.1) is 12.0 Å². The van der Waals surface area contributed by atoms with E-state index in [-0.39, 0.29) is 12.0 Å². The number of carbonyl (C=O) groups excluding carboxylic acids is 1. The van der Waals surface area contributed by atoms with Gasteiger partial charge in [0.25, 0.3) is 5.56 Å². The number of hydrogen-bond acceptors (Lipinski definition) is 6. The van der Waals surface area contributed by atoms with E-state index in [1.165, 1.54) is 13.1 Å². The van der Waals surface area contributed by atoms with Gasteiger partial charge in [0.15, 0.2) is 6.73 Å². The number of alkyl halides is 1. The third-order valence-corrected chi connectivity index (χ3v) is 3.96. The molecular formula is C16H23FN2O6. The lowest BCUT2D eigenvalue weighted by molar-refractivity contribution is -0.157. The quantitative estimate of drug-likeness (QED) is 0.786. The Morgan fingerprint density at radius 2 is 2.08 bits per heavy atom. The van der Waals surface area contributed by atoms with E-state index in [0.29, 0.717) is 0 Å². The van der Waals surface area contributed by atoms with E-state index in [9.17, 15) is 18.8 Å². The maximum absolute atomic E-state index is 13.8. The van der Waals surface area contributed by atoms with Gasteiger partial charge in [-0.15, -0.1) is 0 Å². The molecule has 1 aromatic rings. The van der Waals surface area contributed by atoms with Crippen LogP contribution in [0.25, 0.3) is 0 Å². The second-order valence-electron chi connectivity index (χ2n) is 7.11. The maximum atomic E-state index is 13.8. The van der Waals surface area contributed by atoms with Crippen LogP contribution in [0.15, 0.2) is 15.8 Å². The first-order valence-electron chi connectivity index (χ1n) is 7.96. The van der Waals surface area contributed by atoms with Gasteiger partial charge in [0, 0.05) is 18.2 Å². The van der Waals surface area contributed by atoms with Crippen LogP contribution in [-0.4, -0.2) is 39.1 Å². The van der Waals surface area contributed by atoms with Crippen LogP contribution in [0.1, 0.15) is 39.0 Å². The summed E-state index contributed by atoms with van der Waals surface area (Å²) in [7, 11) is 0. The molecule has 1 saturated heterocycles. The summed E-state index contributed by atoms with van der Waals surface area (Å²) in [6.45, 7) is 5.39. The average Bonchev–Trinajstić information content (AvgIpc) is 2.90. The first-order chi connectivity index (χ1) is 11.6. The van der Waals surface area contributed by atoms with Crippen molar-refractivity contribution in [2.24, 2.45) is 5.41 Å². The molecule has 0 bridgehead atoms. The number of halogens is 1. The molecule has 2 rings (SSSR count). The number of esters is 1. The minimum Gasteiger partial charge on any atom is -0.443 e. The van der Waals surface area contributed by atoms with Gasteiger partial charge in [-0.3, -0.25) is 14.2 Å². The van der Waals surface area contributed by atoms with Gasteiger partial charge in [0.2, 0.25) is 0 Å². The van der Waals surface area contributed by atoms with E-state index in [1.54, 1.807) is 20.8 Å². The number of carbonyl (C=O) groups is 1.